The van der Waals surface area contributed by atoms with Crippen LogP contribution in [0, 0.1) is 3.57 Å². The predicted molar refractivity (Wildman–Crippen MR) is 178 cm³/mol. The number of hydrogen-bond donors (Lipinski definition) is 2. The van der Waals surface area contributed by atoms with Crippen LogP contribution in [0.3, 0.4) is 0 Å². The summed E-state index contributed by atoms with van der Waals surface area (Å²) in [4.78, 5) is 0. The minimum absolute atomic E-state index is 0.554. The molecule has 0 aliphatic rings. The summed E-state index contributed by atoms with van der Waals surface area (Å²) < 4.78 is 3.52. The van der Waals surface area contributed by atoms with Crippen molar-refractivity contribution in [1.29, 1.82) is 0 Å². The number of rotatable bonds is 2. The van der Waals surface area contributed by atoms with Crippen LogP contribution < -0.4 is 5.46 Å². The van der Waals surface area contributed by atoms with Crippen molar-refractivity contribution in [2.24, 2.45) is 0 Å². The molecular weight excluding hydrogens is 714 g/mol. The monoisotopic (exact) mass is 736 g/mol. The fourth-order valence-electron chi connectivity index (χ4n) is 4.07. The van der Waals surface area contributed by atoms with E-state index in [0.717, 1.165) is 19.7 Å². The van der Waals surface area contributed by atoms with Crippen LogP contribution in [-0.4, -0.2) is 17.2 Å². The molecule has 0 saturated heterocycles. The van der Waals surface area contributed by atoms with E-state index in [2.05, 4.69) is 133 Å². The van der Waals surface area contributed by atoms with E-state index in [1.807, 2.05) is 48.5 Å². The molecule has 6 heteroatoms. The first-order chi connectivity index (χ1) is 18.4. The molecule has 0 heterocycles. The van der Waals surface area contributed by atoms with E-state index >= 15 is 0 Å². The molecule has 2 nitrogen and oxygen atoms in total. The van der Waals surface area contributed by atoms with E-state index < -0.39 is 7.12 Å². The maximum atomic E-state index is 9.08. The normalized spacial score (nSPS) is 10.2. The Morgan fingerprint density at radius 1 is 0.526 bits per heavy atom. The Morgan fingerprint density at radius 3 is 1.66 bits per heavy atom. The van der Waals surface area contributed by atoms with Crippen molar-refractivity contribution in [3.8, 4) is 11.1 Å². The lowest BCUT2D eigenvalue weighted by atomic mass is 9.77. The third kappa shape index (κ3) is 7.77. The fraction of sp³-hybridized carbons (Fsp3) is 0. The van der Waals surface area contributed by atoms with Crippen LogP contribution in [-0.2, 0) is 0 Å². The highest BCUT2D eigenvalue weighted by molar-refractivity contribution is 14.1. The Balaban J connectivity index is 0.000000142. The molecule has 6 rings (SSSR count). The van der Waals surface area contributed by atoms with Crippen LogP contribution in [0.4, 0.5) is 0 Å². The predicted octanol–water partition coefficient (Wildman–Crippen LogP) is 8.84. The standard InChI is InChI=1S/C16H11Br.C10H9BO2.C6H4BrI/c17-14-8-3-7-13(11-14)16-10-4-6-12-5-1-2-9-15(12)16;12-11(13)10-7-3-5-8-4-1-2-6-9(8)10;7-5-2-1-3-6(8)4-5/h1-11H;1-7,12-13H;1-4H. The first kappa shape index (κ1) is 28.5. The molecule has 6 aromatic rings. The summed E-state index contributed by atoms with van der Waals surface area (Å²) in [5, 5.41) is 22.6. The molecule has 2 N–H and O–H groups in total. The Hall–Kier alpha value is -2.49. The molecule has 0 radical (unpaired) electrons. The molecule has 188 valence electrons. The molecule has 0 amide bonds. The van der Waals surface area contributed by atoms with Gasteiger partial charge in [-0.15, -0.1) is 0 Å². The Labute approximate surface area is 253 Å². The molecule has 0 aliphatic carbocycles. The minimum Gasteiger partial charge on any atom is -0.423 e. The molecular formula is C32H24BBr2IO2. The fourth-order valence-corrected chi connectivity index (χ4v) is 5.84. The maximum Gasteiger partial charge on any atom is 0.489 e. The highest BCUT2D eigenvalue weighted by Gasteiger charge is 2.13. The second-order valence-electron chi connectivity index (χ2n) is 8.42. The second-order valence-corrected chi connectivity index (χ2v) is 11.5. The molecule has 0 fully saturated rings. The van der Waals surface area contributed by atoms with E-state index in [9.17, 15) is 0 Å². The van der Waals surface area contributed by atoms with E-state index in [0.29, 0.717) is 5.46 Å². The zero-order valence-electron chi connectivity index (χ0n) is 20.3. The highest BCUT2D eigenvalue weighted by atomic mass is 127. The van der Waals surface area contributed by atoms with Gasteiger partial charge in [-0.2, -0.15) is 0 Å². The quantitative estimate of drug-likeness (QED) is 0.138. The van der Waals surface area contributed by atoms with Gasteiger partial charge in [0.05, 0.1) is 0 Å². The van der Waals surface area contributed by atoms with Gasteiger partial charge < -0.3 is 10.0 Å². The third-order valence-corrected chi connectivity index (χ3v) is 7.47. The topological polar surface area (TPSA) is 40.5 Å². The van der Waals surface area contributed by atoms with Gasteiger partial charge in [-0.1, -0.05) is 135 Å². The summed E-state index contributed by atoms with van der Waals surface area (Å²) in [6.45, 7) is 0. The number of fused-ring (bicyclic) bond motifs is 2. The number of halogens is 3. The van der Waals surface area contributed by atoms with Crippen molar-refractivity contribution < 1.29 is 10.0 Å². The van der Waals surface area contributed by atoms with Crippen LogP contribution in [0.2, 0.25) is 0 Å². The van der Waals surface area contributed by atoms with Gasteiger partial charge in [0.2, 0.25) is 0 Å². The van der Waals surface area contributed by atoms with Crippen molar-refractivity contribution in [2.45, 2.75) is 0 Å². The lowest BCUT2D eigenvalue weighted by molar-refractivity contribution is 0.426. The van der Waals surface area contributed by atoms with Gasteiger partial charge >= 0.3 is 7.12 Å². The minimum atomic E-state index is -1.40. The SMILES string of the molecule is Brc1cccc(-c2cccc3ccccc23)c1.Brc1cccc(I)c1.OB(O)c1cccc2ccccc12. The van der Waals surface area contributed by atoms with E-state index in [4.69, 9.17) is 10.0 Å². The van der Waals surface area contributed by atoms with Crippen LogP contribution in [0.1, 0.15) is 0 Å². The van der Waals surface area contributed by atoms with Crippen molar-refractivity contribution >= 4 is 88.6 Å². The smallest absolute Gasteiger partial charge is 0.423 e. The summed E-state index contributed by atoms with van der Waals surface area (Å²) in [5.41, 5.74) is 3.08. The lowest BCUT2D eigenvalue weighted by Gasteiger charge is -2.07. The Bertz CT molecular complexity index is 1630. The van der Waals surface area contributed by atoms with Crippen molar-refractivity contribution in [3.63, 3.8) is 0 Å². The molecule has 0 aliphatic heterocycles. The molecule has 38 heavy (non-hydrogen) atoms. The summed E-state index contributed by atoms with van der Waals surface area (Å²) in [6, 6.07) is 44.6. The van der Waals surface area contributed by atoms with Gasteiger partial charge in [0.25, 0.3) is 0 Å². The van der Waals surface area contributed by atoms with Gasteiger partial charge in [0.1, 0.15) is 0 Å². The van der Waals surface area contributed by atoms with E-state index in [-0.39, 0.29) is 0 Å². The first-order valence-electron chi connectivity index (χ1n) is 11.9. The molecule has 0 spiro atoms. The molecule has 0 unspecified atom stereocenters. The Kier molecular flexibility index (Phi) is 10.6. The largest absolute Gasteiger partial charge is 0.489 e. The average molecular weight is 738 g/mol. The van der Waals surface area contributed by atoms with Crippen LogP contribution >= 0.6 is 54.5 Å². The molecule has 6 aromatic carbocycles. The van der Waals surface area contributed by atoms with Crippen LogP contribution in [0.5, 0.6) is 0 Å². The molecule has 0 bridgehead atoms. The van der Waals surface area contributed by atoms with Gasteiger partial charge in [0, 0.05) is 12.5 Å². The third-order valence-electron chi connectivity index (χ3n) is 5.81. The van der Waals surface area contributed by atoms with Crippen molar-refractivity contribution in [1.82, 2.24) is 0 Å². The zero-order valence-corrected chi connectivity index (χ0v) is 25.6. The van der Waals surface area contributed by atoms with Crippen molar-refractivity contribution in [3.05, 3.63) is 146 Å². The highest BCUT2D eigenvalue weighted by Crippen LogP contribution is 2.29. The van der Waals surface area contributed by atoms with E-state index in [1.54, 1.807) is 6.07 Å². The summed E-state index contributed by atoms with van der Waals surface area (Å²) in [7, 11) is -1.40. The van der Waals surface area contributed by atoms with Gasteiger partial charge in [-0.3, -0.25) is 0 Å². The number of hydrogen-bond acceptors (Lipinski definition) is 2. The van der Waals surface area contributed by atoms with Gasteiger partial charge in [0.15, 0.2) is 0 Å². The van der Waals surface area contributed by atoms with Gasteiger partial charge in [-0.05, 0) is 91.1 Å². The molecule has 0 atom stereocenters. The lowest BCUT2D eigenvalue weighted by Crippen LogP contribution is -2.30. The van der Waals surface area contributed by atoms with Crippen LogP contribution in [0.15, 0.2) is 142 Å². The van der Waals surface area contributed by atoms with Crippen LogP contribution in [0.25, 0.3) is 32.7 Å². The van der Waals surface area contributed by atoms with E-state index in [1.165, 1.54) is 25.5 Å². The molecule has 0 aromatic heterocycles. The average Bonchev–Trinajstić information content (AvgIpc) is 2.93. The van der Waals surface area contributed by atoms with Gasteiger partial charge in [-0.25, -0.2) is 0 Å². The second kappa shape index (κ2) is 14.1. The zero-order chi connectivity index (χ0) is 26.9. The first-order valence-corrected chi connectivity index (χ1v) is 14.6. The Morgan fingerprint density at radius 2 is 1.05 bits per heavy atom. The number of benzene rings is 6. The summed E-state index contributed by atoms with van der Waals surface area (Å²) in [6.07, 6.45) is 0. The maximum absolute atomic E-state index is 9.08. The summed E-state index contributed by atoms with van der Waals surface area (Å²) >= 11 is 9.16. The van der Waals surface area contributed by atoms with Crippen molar-refractivity contribution in [2.75, 3.05) is 0 Å². The summed E-state index contributed by atoms with van der Waals surface area (Å²) in [5.74, 6) is 0. The molecule has 0 saturated carbocycles.